The molecule has 3 aromatic rings. The number of rotatable bonds is 11. The van der Waals surface area contributed by atoms with Crippen LogP contribution in [0.15, 0.2) is 72.8 Å². The number of carbonyl (C=O) groups is 2. The van der Waals surface area contributed by atoms with Crippen molar-refractivity contribution in [3.63, 3.8) is 0 Å². The van der Waals surface area contributed by atoms with Crippen LogP contribution in [-0.2, 0) is 11.2 Å². The first kappa shape index (κ1) is 30.9. The lowest BCUT2D eigenvalue weighted by Crippen LogP contribution is -2.47. The molecule has 0 spiro atoms. The van der Waals surface area contributed by atoms with Gasteiger partial charge >= 0.3 is 0 Å². The highest BCUT2D eigenvalue weighted by Gasteiger charge is 2.24. The van der Waals surface area contributed by atoms with E-state index in [1.165, 1.54) is 5.56 Å². The molecule has 7 heteroatoms. The molecule has 1 atom stereocenters. The molecule has 0 aromatic heterocycles. The molecule has 0 bridgehead atoms. The molecule has 1 aliphatic heterocycles. The highest BCUT2D eigenvalue weighted by molar-refractivity contribution is 6.02. The summed E-state index contributed by atoms with van der Waals surface area (Å²) >= 11 is 0. The molecule has 1 saturated heterocycles. The maximum atomic E-state index is 13.6. The third kappa shape index (κ3) is 8.75. The maximum Gasteiger partial charge on any atom is 0.253 e. The van der Waals surface area contributed by atoms with E-state index in [-0.39, 0.29) is 23.1 Å². The molecule has 2 amide bonds. The van der Waals surface area contributed by atoms with Crippen LogP contribution in [0.1, 0.15) is 56.5 Å². The summed E-state index contributed by atoms with van der Waals surface area (Å²) in [4.78, 5) is 31.0. The Kier molecular flexibility index (Phi) is 10.5. The van der Waals surface area contributed by atoms with Crippen molar-refractivity contribution < 1.29 is 14.3 Å². The largest absolute Gasteiger partial charge is 0.495 e. The van der Waals surface area contributed by atoms with Gasteiger partial charge in [-0.15, -0.1) is 0 Å². The van der Waals surface area contributed by atoms with Gasteiger partial charge in [0.25, 0.3) is 5.91 Å². The van der Waals surface area contributed by atoms with Crippen LogP contribution in [0.3, 0.4) is 0 Å². The van der Waals surface area contributed by atoms with Gasteiger partial charge in [0.05, 0.1) is 18.4 Å². The first-order valence-electron chi connectivity index (χ1n) is 15.0. The van der Waals surface area contributed by atoms with Gasteiger partial charge in [-0.2, -0.15) is 0 Å². The molecule has 0 radical (unpaired) electrons. The van der Waals surface area contributed by atoms with Crippen molar-refractivity contribution >= 4 is 28.9 Å². The number of para-hydroxylation sites is 2. The Morgan fingerprint density at radius 1 is 0.881 bits per heavy atom. The van der Waals surface area contributed by atoms with E-state index < -0.39 is 0 Å². The fourth-order valence-corrected chi connectivity index (χ4v) is 5.86. The first-order valence-corrected chi connectivity index (χ1v) is 15.0. The molecule has 3 aromatic carbocycles. The smallest absolute Gasteiger partial charge is 0.253 e. The van der Waals surface area contributed by atoms with Crippen molar-refractivity contribution in [3.8, 4) is 5.75 Å². The van der Waals surface area contributed by atoms with Crippen LogP contribution in [0.2, 0.25) is 0 Å². The number of amides is 2. The number of hydrogen-bond acceptors (Lipinski definition) is 5. The van der Waals surface area contributed by atoms with Crippen LogP contribution in [0.25, 0.3) is 0 Å². The maximum absolute atomic E-state index is 13.6. The van der Waals surface area contributed by atoms with Gasteiger partial charge in [0.15, 0.2) is 0 Å². The second-order valence-corrected chi connectivity index (χ2v) is 12.5. The standard InChI is InChI=1S/C35H46N4O3/c1-26(25-35(2,3)4)23-33(40)37-28-15-16-30(29(24-28)34(41)36-18-17-27-11-7-6-8-12-27)38-19-21-39(22-20-38)31-13-9-10-14-32(31)42-5/h6-16,24,26H,17-23,25H2,1-5H3,(H,36,41)(H,37,40). The molecule has 1 aliphatic rings. The Hall–Kier alpha value is -4.00. The van der Waals surface area contributed by atoms with Gasteiger partial charge in [0.1, 0.15) is 5.75 Å². The molecule has 7 nitrogen and oxygen atoms in total. The molecule has 4 rings (SSSR count). The number of piperazine rings is 1. The van der Waals surface area contributed by atoms with Crippen molar-refractivity contribution in [1.82, 2.24) is 5.32 Å². The molecular formula is C35H46N4O3. The number of nitrogens with one attached hydrogen (secondary N) is 2. The summed E-state index contributed by atoms with van der Waals surface area (Å²) in [5.41, 5.74) is 4.53. The zero-order valence-electron chi connectivity index (χ0n) is 25.8. The molecule has 0 saturated carbocycles. The number of hydrogen-bond donors (Lipinski definition) is 2. The lowest BCUT2D eigenvalue weighted by atomic mass is 9.84. The zero-order valence-corrected chi connectivity index (χ0v) is 25.8. The van der Waals surface area contributed by atoms with Gasteiger partial charge in [-0.1, -0.05) is 70.2 Å². The highest BCUT2D eigenvalue weighted by atomic mass is 16.5. The van der Waals surface area contributed by atoms with Crippen LogP contribution in [0, 0.1) is 11.3 Å². The van der Waals surface area contributed by atoms with Gasteiger partial charge in [-0.3, -0.25) is 9.59 Å². The second kappa shape index (κ2) is 14.3. The summed E-state index contributed by atoms with van der Waals surface area (Å²) in [7, 11) is 1.70. The van der Waals surface area contributed by atoms with Crippen molar-refractivity contribution in [1.29, 1.82) is 0 Å². The summed E-state index contributed by atoms with van der Waals surface area (Å²) in [6, 6.07) is 23.9. The number of anilines is 3. The molecular weight excluding hydrogens is 524 g/mol. The summed E-state index contributed by atoms with van der Waals surface area (Å²) in [6.07, 6.45) is 2.17. The van der Waals surface area contributed by atoms with Crippen LogP contribution < -0.4 is 25.2 Å². The Balaban J connectivity index is 1.48. The van der Waals surface area contributed by atoms with Crippen molar-refractivity contribution in [2.24, 2.45) is 11.3 Å². The van der Waals surface area contributed by atoms with E-state index in [0.29, 0.717) is 24.2 Å². The summed E-state index contributed by atoms with van der Waals surface area (Å²) < 4.78 is 5.58. The van der Waals surface area contributed by atoms with Gasteiger partial charge in [-0.05, 0) is 60.1 Å². The molecule has 42 heavy (non-hydrogen) atoms. The average Bonchev–Trinajstić information content (AvgIpc) is 2.96. The van der Waals surface area contributed by atoms with Gasteiger partial charge < -0.3 is 25.2 Å². The number of methoxy groups -OCH3 is 1. The van der Waals surface area contributed by atoms with E-state index in [0.717, 1.165) is 56.1 Å². The van der Waals surface area contributed by atoms with Crippen LogP contribution in [0.5, 0.6) is 5.75 Å². The Morgan fingerprint density at radius 3 is 2.19 bits per heavy atom. The number of nitrogens with zero attached hydrogens (tertiary/aromatic N) is 2. The lowest BCUT2D eigenvalue weighted by molar-refractivity contribution is -0.117. The third-order valence-corrected chi connectivity index (χ3v) is 7.61. The van der Waals surface area contributed by atoms with Gasteiger partial charge in [-0.25, -0.2) is 0 Å². The van der Waals surface area contributed by atoms with E-state index in [2.05, 4.69) is 66.3 Å². The minimum Gasteiger partial charge on any atom is -0.495 e. The Bertz CT molecular complexity index is 1330. The minimum absolute atomic E-state index is 0.0274. The van der Waals surface area contributed by atoms with E-state index in [9.17, 15) is 9.59 Å². The van der Waals surface area contributed by atoms with Crippen molar-refractivity contribution in [2.75, 3.05) is 55.0 Å². The normalized spacial score (nSPS) is 14.3. The molecule has 1 heterocycles. The van der Waals surface area contributed by atoms with E-state index in [4.69, 9.17) is 4.74 Å². The molecule has 1 unspecified atom stereocenters. The van der Waals surface area contributed by atoms with E-state index in [1.807, 2.05) is 54.6 Å². The zero-order chi connectivity index (χ0) is 30.1. The minimum atomic E-state index is -0.134. The quantitative estimate of drug-likeness (QED) is 0.279. The molecule has 0 aliphatic carbocycles. The van der Waals surface area contributed by atoms with Gasteiger partial charge in [0, 0.05) is 50.5 Å². The fraction of sp³-hybridized carbons (Fsp3) is 0.429. The second-order valence-electron chi connectivity index (χ2n) is 12.5. The summed E-state index contributed by atoms with van der Waals surface area (Å²) in [5.74, 6) is 0.969. The predicted molar refractivity (Wildman–Crippen MR) is 173 cm³/mol. The van der Waals surface area contributed by atoms with E-state index >= 15 is 0 Å². The Morgan fingerprint density at radius 2 is 1.52 bits per heavy atom. The molecule has 2 N–H and O–H groups in total. The summed E-state index contributed by atoms with van der Waals surface area (Å²) in [5, 5.41) is 6.16. The van der Waals surface area contributed by atoms with Crippen LogP contribution in [0.4, 0.5) is 17.1 Å². The first-order chi connectivity index (χ1) is 20.1. The monoisotopic (exact) mass is 570 g/mol. The third-order valence-electron chi connectivity index (χ3n) is 7.61. The molecule has 224 valence electrons. The lowest BCUT2D eigenvalue weighted by Gasteiger charge is -2.38. The van der Waals surface area contributed by atoms with Crippen LogP contribution >= 0.6 is 0 Å². The topological polar surface area (TPSA) is 73.9 Å². The number of ether oxygens (including phenoxy) is 1. The van der Waals surface area contributed by atoms with Gasteiger partial charge in [0.2, 0.25) is 5.91 Å². The van der Waals surface area contributed by atoms with Crippen LogP contribution in [-0.4, -0.2) is 51.6 Å². The Labute approximate surface area is 251 Å². The summed E-state index contributed by atoms with van der Waals surface area (Å²) in [6.45, 7) is 12.4. The highest BCUT2D eigenvalue weighted by Crippen LogP contribution is 2.31. The predicted octanol–water partition coefficient (Wildman–Crippen LogP) is 6.40. The average molecular weight is 571 g/mol. The van der Waals surface area contributed by atoms with Crippen molar-refractivity contribution in [2.45, 2.75) is 47.0 Å². The fourth-order valence-electron chi connectivity index (χ4n) is 5.86. The number of carbonyl (C=O) groups excluding carboxylic acids is 2. The molecule has 1 fully saturated rings. The van der Waals surface area contributed by atoms with Crippen molar-refractivity contribution in [3.05, 3.63) is 83.9 Å². The SMILES string of the molecule is COc1ccccc1N1CCN(c2ccc(NC(=O)CC(C)CC(C)(C)C)cc2C(=O)NCCc2ccccc2)CC1. The number of benzene rings is 3. The van der Waals surface area contributed by atoms with E-state index in [1.54, 1.807) is 7.11 Å².